The topological polar surface area (TPSA) is 38.8 Å². The lowest BCUT2D eigenvalue weighted by molar-refractivity contribution is -0.275. The van der Waals surface area contributed by atoms with Gasteiger partial charge in [-0.15, -0.1) is 13.2 Å². The smallest absolute Gasteiger partial charge is 0.444 e. The van der Waals surface area contributed by atoms with Crippen LogP contribution >= 0.6 is 15.9 Å². The Bertz CT molecular complexity index is 610. The van der Waals surface area contributed by atoms with Crippen LogP contribution in [0, 0.1) is 0 Å². The lowest BCUT2D eigenvalue weighted by atomic mass is 10.2. The summed E-state index contributed by atoms with van der Waals surface area (Å²) in [5, 5.41) is 0. The highest BCUT2D eigenvalue weighted by Crippen LogP contribution is 2.34. The Kier molecular flexibility index (Phi) is 5.37. The molecule has 1 aliphatic carbocycles. The molecule has 1 fully saturated rings. The SMILES string of the molecule is CC(C)(C)OC(=O)N(Cc1ccc(Br)cc1OC(F)(F)F)C1CC1. The van der Waals surface area contributed by atoms with Crippen LogP contribution in [0.15, 0.2) is 22.7 Å². The van der Waals surface area contributed by atoms with Gasteiger partial charge in [-0.3, -0.25) is 0 Å². The van der Waals surface area contributed by atoms with E-state index in [2.05, 4.69) is 20.7 Å². The van der Waals surface area contributed by atoms with Crippen LogP contribution in [0.5, 0.6) is 5.75 Å². The van der Waals surface area contributed by atoms with Crippen LogP contribution in [0.4, 0.5) is 18.0 Å². The molecule has 0 radical (unpaired) electrons. The lowest BCUT2D eigenvalue weighted by Crippen LogP contribution is -2.38. The molecule has 2 rings (SSSR count). The molecule has 0 bridgehead atoms. The number of halogens is 4. The summed E-state index contributed by atoms with van der Waals surface area (Å²) in [7, 11) is 0. The third kappa shape index (κ3) is 5.89. The van der Waals surface area contributed by atoms with Gasteiger partial charge in [0.1, 0.15) is 11.4 Å². The van der Waals surface area contributed by atoms with Crippen molar-refractivity contribution in [3.05, 3.63) is 28.2 Å². The molecule has 8 heteroatoms. The Morgan fingerprint density at radius 1 is 1.29 bits per heavy atom. The van der Waals surface area contributed by atoms with Gasteiger partial charge in [-0.2, -0.15) is 0 Å². The van der Waals surface area contributed by atoms with Crippen molar-refractivity contribution in [2.24, 2.45) is 0 Å². The van der Waals surface area contributed by atoms with Gasteiger partial charge in [0, 0.05) is 16.1 Å². The van der Waals surface area contributed by atoms with Crippen LogP contribution in [0.3, 0.4) is 0 Å². The maximum atomic E-state index is 12.6. The van der Waals surface area contributed by atoms with Crippen LogP contribution in [0.25, 0.3) is 0 Å². The number of nitrogens with zero attached hydrogens (tertiary/aromatic N) is 1. The first kappa shape index (κ1) is 18.9. The average molecular weight is 410 g/mol. The molecule has 1 aliphatic rings. The van der Waals surface area contributed by atoms with Gasteiger partial charge in [0.05, 0.1) is 6.54 Å². The van der Waals surface area contributed by atoms with Gasteiger partial charge in [-0.05, 0) is 45.7 Å². The van der Waals surface area contributed by atoms with Gasteiger partial charge in [0.25, 0.3) is 0 Å². The molecule has 1 amide bonds. The summed E-state index contributed by atoms with van der Waals surface area (Å²) in [4.78, 5) is 13.8. The Labute approximate surface area is 147 Å². The molecule has 1 aromatic rings. The third-order valence-corrected chi connectivity index (χ3v) is 3.70. The second-order valence-electron chi connectivity index (χ2n) is 6.64. The molecule has 0 N–H and O–H groups in total. The van der Waals surface area contributed by atoms with E-state index in [1.807, 2.05) is 0 Å². The van der Waals surface area contributed by atoms with E-state index < -0.39 is 18.1 Å². The van der Waals surface area contributed by atoms with E-state index in [0.717, 1.165) is 12.8 Å². The normalized spacial score (nSPS) is 15.1. The maximum Gasteiger partial charge on any atom is 0.573 e. The number of hydrogen-bond donors (Lipinski definition) is 0. The highest BCUT2D eigenvalue weighted by Gasteiger charge is 2.37. The van der Waals surface area contributed by atoms with Gasteiger partial charge in [0.2, 0.25) is 0 Å². The number of hydrogen-bond acceptors (Lipinski definition) is 3. The second kappa shape index (κ2) is 6.82. The summed E-state index contributed by atoms with van der Waals surface area (Å²) in [5.74, 6) is -0.328. The molecular formula is C16H19BrF3NO3. The highest BCUT2D eigenvalue weighted by molar-refractivity contribution is 9.10. The van der Waals surface area contributed by atoms with E-state index in [1.165, 1.54) is 17.0 Å². The zero-order valence-corrected chi connectivity index (χ0v) is 15.2. The van der Waals surface area contributed by atoms with Gasteiger partial charge in [-0.25, -0.2) is 4.79 Å². The van der Waals surface area contributed by atoms with E-state index in [-0.39, 0.29) is 23.9 Å². The van der Waals surface area contributed by atoms with Crippen molar-refractivity contribution in [3.8, 4) is 5.75 Å². The minimum Gasteiger partial charge on any atom is -0.444 e. The number of carbonyl (C=O) groups is 1. The molecule has 134 valence electrons. The van der Waals surface area contributed by atoms with Crippen LogP contribution < -0.4 is 4.74 Å². The number of benzene rings is 1. The zero-order chi connectivity index (χ0) is 18.1. The summed E-state index contributed by atoms with van der Waals surface area (Å²) >= 11 is 3.13. The fourth-order valence-corrected chi connectivity index (χ4v) is 2.45. The lowest BCUT2D eigenvalue weighted by Gasteiger charge is -2.28. The van der Waals surface area contributed by atoms with Gasteiger partial charge < -0.3 is 14.4 Å². The molecule has 0 heterocycles. The Balaban J connectivity index is 2.22. The Morgan fingerprint density at radius 2 is 1.92 bits per heavy atom. The van der Waals surface area contributed by atoms with E-state index in [1.54, 1.807) is 26.8 Å². The van der Waals surface area contributed by atoms with E-state index in [9.17, 15) is 18.0 Å². The predicted octanol–water partition coefficient (Wildman–Crippen LogP) is 5.25. The van der Waals surface area contributed by atoms with Crippen LogP contribution in [-0.2, 0) is 11.3 Å². The molecule has 1 aromatic carbocycles. The van der Waals surface area contributed by atoms with E-state index in [0.29, 0.717) is 4.47 Å². The molecule has 0 unspecified atom stereocenters. The minimum absolute atomic E-state index is 0.00171. The van der Waals surface area contributed by atoms with Crippen LogP contribution in [0.1, 0.15) is 39.2 Å². The van der Waals surface area contributed by atoms with Gasteiger partial charge in [-0.1, -0.05) is 22.0 Å². The average Bonchev–Trinajstić information content (AvgIpc) is 3.17. The molecular weight excluding hydrogens is 391 g/mol. The third-order valence-electron chi connectivity index (χ3n) is 3.21. The van der Waals surface area contributed by atoms with E-state index in [4.69, 9.17) is 4.74 Å². The molecule has 0 aromatic heterocycles. The number of amides is 1. The standard InChI is InChI=1S/C16H19BrF3NO3/c1-15(2,3)24-14(22)21(12-6-7-12)9-10-4-5-11(17)8-13(10)23-16(18,19)20/h4-5,8,12H,6-7,9H2,1-3H3. The van der Waals surface area contributed by atoms with Crippen molar-refractivity contribution in [2.75, 3.05) is 0 Å². The first-order valence-electron chi connectivity index (χ1n) is 7.48. The first-order chi connectivity index (χ1) is 10.9. The molecule has 4 nitrogen and oxygen atoms in total. The fraction of sp³-hybridized carbons (Fsp3) is 0.562. The van der Waals surface area contributed by atoms with Crippen molar-refractivity contribution in [2.45, 2.75) is 58.2 Å². The van der Waals surface area contributed by atoms with Crippen molar-refractivity contribution >= 4 is 22.0 Å². The number of alkyl halides is 3. The molecule has 24 heavy (non-hydrogen) atoms. The van der Waals surface area contributed by atoms with Crippen molar-refractivity contribution < 1.29 is 27.4 Å². The first-order valence-corrected chi connectivity index (χ1v) is 8.28. The number of ether oxygens (including phenoxy) is 2. The molecule has 0 spiro atoms. The van der Waals surface area contributed by atoms with Gasteiger partial charge in [0.15, 0.2) is 0 Å². The monoisotopic (exact) mass is 409 g/mol. The quantitative estimate of drug-likeness (QED) is 0.681. The molecule has 0 aliphatic heterocycles. The predicted molar refractivity (Wildman–Crippen MR) is 85.6 cm³/mol. The van der Waals surface area contributed by atoms with Crippen molar-refractivity contribution in [3.63, 3.8) is 0 Å². The summed E-state index contributed by atoms with van der Waals surface area (Å²) in [6.45, 7) is 5.23. The maximum absolute atomic E-state index is 12.6. The summed E-state index contributed by atoms with van der Waals surface area (Å²) in [6, 6.07) is 4.34. The Hall–Kier alpha value is -1.44. The summed E-state index contributed by atoms with van der Waals surface area (Å²) in [5.41, 5.74) is -0.400. The van der Waals surface area contributed by atoms with Crippen molar-refractivity contribution in [1.82, 2.24) is 4.90 Å². The van der Waals surface area contributed by atoms with Crippen LogP contribution in [-0.4, -0.2) is 29.0 Å². The Morgan fingerprint density at radius 3 is 2.42 bits per heavy atom. The zero-order valence-electron chi connectivity index (χ0n) is 13.6. The second-order valence-corrected chi connectivity index (χ2v) is 7.55. The summed E-state index contributed by atoms with van der Waals surface area (Å²) in [6.07, 6.45) is -3.71. The fourth-order valence-electron chi connectivity index (χ4n) is 2.11. The molecule has 1 saturated carbocycles. The molecule has 0 saturated heterocycles. The van der Waals surface area contributed by atoms with E-state index >= 15 is 0 Å². The largest absolute Gasteiger partial charge is 0.573 e. The summed E-state index contributed by atoms with van der Waals surface area (Å²) < 4.78 is 47.7. The van der Waals surface area contributed by atoms with Gasteiger partial charge >= 0.3 is 12.5 Å². The highest BCUT2D eigenvalue weighted by atomic mass is 79.9. The van der Waals surface area contributed by atoms with Crippen molar-refractivity contribution in [1.29, 1.82) is 0 Å². The number of carbonyl (C=O) groups excluding carboxylic acids is 1. The minimum atomic E-state index is -4.80. The van der Waals surface area contributed by atoms with Crippen LogP contribution in [0.2, 0.25) is 0 Å². The molecule has 0 atom stereocenters. The number of rotatable bonds is 4.